The second-order valence-corrected chi connectivity index (χ2v) is 5.07. The van der Waals surface area contributed by atoms with Gasteiger partial charge in [0.1, 0.15) is 5.82 Å². The Bertz CT molecular complexity index is 515. The summed E-state index contributed by atoms with van der Waals surface area (Å²) in [5.74, 6) is -0.457. The van der Waals surface area contributed by atoms with E-state index in [0.29, 0.717) is 24.6 Å². The smallest absolute Gasteiger partial charge is 0.335 e. The summed E-state index contributed by atoms with van der Waals surface area (Å²) in [6.45, 7) is 8.98. The number of carboxylic acids is 1. The fourth-order valence-electron chi connectivity index (χ4n) is 1.90. The first kappa shape index (κ1) is 16.9. The molecule has 0 bridgehead atoms. The first-order chi connectivity index (χ1) is 9.88. The highest BCUT2D eigenvalue weighted by Crippen LogP contribution is 2.20. The predicted molar refractivity (Wildman–Crippen MR) is 81.9 cm³/mol. The van der Waals surface area contributed by atoms with Crippen molar-refractivity contribution in [1.29, 1.82) is 0 Å². The number of nitrogens with one attached hydrogen (secondary N) is 1. The van der Waals surface area contributed by atoms with E-state index in [-0.39, 0.29) is 23.9 Å². The summed E-state index contributed by atoms with van der Waals surface area (Å²) < 4.78 is 0. The lowest BCUT2D eigenvalue weighted by molar-refractivity contribution is -0.119. The fourth-order valence-corrected chi connectivity index (χ4v) is 1.90. The summed E-state index contributed by atoms with van der Waals surface area (Å²) in [4.78, 5) is 29.2. The number of rotatable bonds is 7. The summed E-state index contributed by atoms with van der Waals surface area (Å²) in [7, 11) is 0. The van der Waals surface area contributed by atoms with Crippen LogP contribution in [0.5, 0.6) is 0 Å². The quantitative estimate of drug-likeness (QED) is 0.802. The number of nitrogens with zero attached hydrogens (tertiary/aromatic N) is 2. The molecule has 2 N–H and O–H groups in total. The first-order valence-corrected chi connectivity index (χ1v) is 7.15. The van der Waals surface area contributed by atoms with Gasteiger partial charge in [-0.3, -0.25) is 4.79 Å². The number of carbonyl (C=O) groups is 2. The molecule has 1 rings (SSSR count). The van der Waals surface area contributed by atoms with E-state index >= 15 is 0 Å². The summed E-state index contributed by atoms with van der Waals surface area (Å²) in [5, 5.41) is 11.9. The molecule has 0 radical (unpaired) electrons. The van der Waals surface area contributed by atoms with Crippen molar-refractivity contribution in [2.45, 2.75) is 33.6 Å². The molecular weight excluding hydrogens is 270 g/mol. The van der Waals surface area contributed by atoms with E-state index in [1.165, 1.54) is 6.07 Å². The van der Waals surface area contributed by atoms with Gasteiger partial charge in [-0.25, -0.2) is 9.78 Å². The molecule has 0 aromatic carbocycles. The van der Waals surface area contributed by atoms with Crippen LogP contribution in [0.4, 0.5) is 5.82 Å². The van der Waals surface area contributed by atoms with Crippen LogP contribution in [0.2, 0.25) is 0 Å². The summed E-state index contributed by atoms with van der Waals surface area (Å²) in [6, 6.07) is 3.09. The molecule has 1 amide bonds. The number of carboxylic acid groups (broad SMARTS) is 1. The van der Waals surface area contributed by atoms with Crippen LogP contribution in [0, 0.1) is 0 Å². The maximum Gasteiger partial charge on any atom is 0.335 e. The SMILES string of the molecule is CCNC(=O)CN(CC)c1cc(C(=O)O)cc(C(C)C)n1. The molecule has 1 aromatic rings. The lowest BCUT2D eigenvalue weighted by atomic mass is 10.1. The first-order valence-electron chi connectivity index (χ1n) is 7.15. The maximum atomic E-state index is 11.7. The minimum Gasteiger partial charge on any atom is -0.478 e. The molecule has 6 nitrogen and oxygen atoms in total. The summed E-state index contributed by atoms with van der Waals surface area (Å²) in [6.07, 6.45) is 0. The lowest BCUT2D eigenvalue weighted by Crippen LogP contribution is -2.37. The van der Waals surface area contributed by atoms with Crippen molar-refractivity contribution >= 4 is 17.7 Å². The van der Waals surface area contributed by atoms with Crippen molar-refractivity contribution in [2.24, 2.45) is 0 Å². The highest BCUT2D eigenvalue weighted by molar-refractivity contribution is 5.89. The fraction of sp³-hybridized carbons (Fsp3) is 0.533. The Morgan fingerprint density at radius 1 is 1.33 bits per heavy atom. The van der Waals surface area contributed by atoms with Gasteiger partial charge in [0.05, 0.1) is 12.1 Å². The average molecular weight is 293 g/mol. The number of likely N-dealkylation sites (N-methyl/N-ethyl adjacent to an activating group) is 2. The zero-order valence-electron chi connectivity index (χ0n) is 13.0. The molecule has 6 heteroatoms. The number of hydrogen-bond acceptors (Lipinski definition) is 4. The molecule has 0 fully saturated rings. The van der Waals surface area contributed by atoms with Gasteiger partial charge >= 0.3 is 5.97 Å². The van der Waals surface area contributed by atoms with Crippen LogP contribution < -0.4 is 10.2 Å². The van der Waals surface area contributed by atoms with Crippen molar-refractivity contribution in [3.63, 3.8) is 0 Å². The molecule has 1 aromatic heterocycles. The van der Waals surface area contributed by atoms with Gasteiger partial charge in [0.15, 0.2) is 0 Å². The maximum absolute atomic E-state index is 11.7. The Kier molecular flexibility index (Phi) is 6.14. The third kappa shape index (κ3) is 4.73. The van der Waals surface area contributed by atoms with Crippen LogP contribution >= 0.6 is 0 Å². The van der Waals surface area contributed by atoms with Crippen LogP contribution in [0.15, 0.2) is 12.1 Å². The summed E-state index contributed by atoms with van der Waals surface area (Å²) in [5.41, 5.74) is 0.900. The molecule has 21 heavy (non-hydrogen) atoms. The second kappa shape index (κ2) is 7.61. The largest absolute Gasteiger partial charge is 0.478 e. The molecule has 1 heterocycles. The van der Waals surface area contributed by atoms with E-state index < -0.39 is 5.97 Å². The number of aromatic nitrogens is 1. The van der Waals surface area contributed by atoms with Crippen molar-refractivity contribution in [3.05, 3.63) is 23.4 Å². The molecule has 0 aliphatic rings. The molecule has 0 saturated carbocycles. The molecule has 0 atom stereocenters. The van der Waals surface area contributed by atoms with E-state index in [1.807, 2.05) is 27.7 Å². The van der Waals surface area contributed by atoms with Crippen molar-refractivity contribution < 1.29 is 14.7 Å². The average Bonchev–Trinajstić information content (AvgIpc) is 2.44. The van der Waals surface area contributed by atoms with Gasteiger partial charge in [-0.2, -0.15) is 0 Å². The Balaban J connectivity index is 3.12. The van der Waals surface area contributed by atoms with E-state index in [1.54, 1.807) is 11.0 Å². The van der Waals surface area contributed by atoms with Crippen LogP contribution in [0.3, 0.4) is 0 Å². The van der Waals surface area contributed by atoms with Gasteiger partial charge < -0.3 is 15.3 Å². The number of anilines is 1. The van der Waals surface area contributed by atoms with Crippen molar-refractivity contribution in [3.8, 4) is 0 Å². The highest BCUT2D eigenvalue weighted by atomic mass is 16.4. The highest BCUT2D eigenvalue weighted by Gasteiger charge is 2.16. The number of pyridine rings is 1. The van der Waals surface area contributed by atoms with Crippen molar-refractivity contribution in [1.82, 2.24) is 10.3 Å². The third-order valence-corrected chi connectivity index (χ3v) is 3.08. The monoisotopic (exact) mass is 293 g/mol. The van der Waals surface area contributed by atoms with Crippen LogP contribution in [-0.2, 0) is 4.79 Å². The zero-order valence-corrected chi connectivity index (χ0v) is 13.0. The normalized spacial score (nSPS) is 10.5. The van der Waals surface area contributed by atoms with Gasteiger partial charge in [0.25, 0.3) is 0 Å². The third-order valence-electron chi connectivity index (χ3n) is 3.08. The van der Waals surface area contributed by atoms with Crippen LogP contribution in [-0.4, -0.2) is 41.6 Å². The predicted octanol–water partition coefficient (Wildman–Crippen LogP) is 1.87. The zero-order chi connectivity index (χ0) is 16.0. The molecule has 116 valence electrons. The number of hydrogen-bond donors (Lipinski definition) is 2. The molecular formula is C15H23N3O3. The molecule has 0 saturated heterocycles. The Morgan fingerprint density at radius 3 is 2.48 bits per heavy atom. The van der Waals surface area contributed by atoms with Gasteiger partial charge in [0, 0.05) is 18.8 Å². The molecule has 0 spiro atoms. The van der Waals surface area contributed by atoms with Crippen LogP contribution in [0.1, 0.15) is 49.7 Å². The van der Waals surface area contributed by atoms with E-state index in [9.17, 15) is 14.7 Å². The van der Waals surface area contributed by atoms with E-state index in [4.69, 9.17) is 0 Å². The Hall–Kier alpha value is -2.11. The Morgan fingerprint density at radius 2 is 2.00 bits per heavy atom. The number of amides is 1. The molecule has 0 aliphatic heterocycles. The lowest BCUT2D eigenvalue weighted by Gasteiger charge is -2.22. The molecule has 0 aliphatic carbocycles. The van der Waals surface area contributed by atoms with Gasteiger partial charge in [0.2, 0.25) is 5.91 Å². The number of aromatic carboxylic acids is 1. The molecule has 0 unspecified atom stereocenters. The number of carbonyl (C=O) groups excluding carboxylic acids is 1. The van der Waals surface area contributed by atoms with E-state index in [2.05, 4.69) is 10.3 Å². The minimum atomic E-state index is -0.991. The van der Waals surface area contributed by atoms with Gasteiger partial charge in [-0.05, 0) is 31.9 Å². The Labute approximate surface area is 125 Å². The van der Waals surface area contributed by atoms with Crippen LogP contribution in [0.25, 0.3) is 0 Å². The topological polar surface area (TPSA) is 82.5 Å². The minimum absolute atomic E-state index is 0.104. The van der Waals surface area contributed by atoms with Gasteiger partial charge in [-0.15, -0.1) is 0 Å². The summed E-state index contributed by atoms with van der Waals surface area (Å²) >= 11 is 0. The second-order valence-electron chi connectivity index (χ2n) is 5.07. The van der Waals surface area contributed by atoms with E-state index in [0.717, 1.165) is 0 Å². The van der Waals surface area contributed by atoms with Crippen molar-refractivity contribution in [2.75, 3.05) is 24.5 Å². The standard InChI is InChI=1S/C15H23N3O3/c1-5-16-14(19)9-18(6-2)13-8-11(15(20)21)7-12(17-13)10(3)4/h7-8,10H,5-6,9H2,1-4H3,(H,16,19)(H,20,21). The van der Waals surface area contributed by atoms with Gasteiger partial charge in [-0.1, -0.05) is 13.8 Å².